The van der Waals surface area contributed by atoms with Crippen molar-refractivity contribution in [3.8, 4) is 0 Å². The number of nitrogens with zero attached hydrogens (tertiary/aromatic N) is 3. The van der Waals surface area contributed by atoms with Crippen LogP contribution >= 0.6 is 24.8 Å². The fraction of sp³-hybridized carbons (Fsp3) is 0.333. The minimum absolute atomic E-state index is 0. The lowest BCUT2D eigenvalue weighted by molar-refractivity contribution is 0.900. The molecule has 84 valence electrons. The second kappa shape index (κ2) is 5.90. The molecule has 0 fully saturated rings. The van der Waals surface area contributed by atoms with Crippen LogP contribution in [-0.2, 0) is 13.0 Å². The van der Waals surface area contributed by atoms with E-state index in [1.165, 1.54) is 0 Å². The van der Waals surface area contributed by atoms with Crippen molar-refractivity contribution in [3.63, 3.8) is 0 Å². The Kier molecular flexibility index (Phi) is 5.57. The molecular weight excluding hydrogens is 235 g/mol. The third-order valence-electron chi connectivity index (χ3n) is 2.09. The molecule has 15 heavy (non-hydrogen) atoms. The molecule has 0 spiro atoms. The summed E-state index contributed by atoms with van der Waals surface area (Å²) in [6.07, 6.45) is 2.88. The molecule has 0 aliphatic heterocycles. The van der Waals surface area contributed by atoms with Crippen LogP contribution in [0.2, 0.25) is 0 Å². The molecule has 0 aromatic carbocycles. The maximum atomic E-state index is 5.55. The van der Waals surface area contributed by atoms with Gasteiger partial charge >= 0.3 is 0 Å². The largest absolute Gasteiger partial charge is 0.326 e. The number of rotatable bonds is 2. The number of hydrogen-bond donors (Lipinski definition) is 1. The van der Waals surface area contributed by atoms with Gasteiger partial charge in [-0.2, -0.15) is 0 Å². The molecule has 0 amide bonds. The van der Waals surface area contributed by atoms with E-state index in [2.05, 4.69) is 17.1 Å². The summed E-state index contributed by atoms with van der Waals surface area (Å²) in [5, 5.41) is 8.10. The molecule has 6 heteroatoms. The van der Waals surface area contributed by atoms with Crippen molar-refractivity contribution in [2.24, 2.45) is 5.73 Å². The Morgan fingerprint density at radius 2 is 2.00 bits per heavy atom. The molecule has 2 N–H and O–H groups in total. The standard InChI is InChI=1S/C9H12N4.2ClH/c1-2-8-11-12-9-4-3-7(5-10)6-13(8)9;;/h3-4,6H,2,5,10H2,1H3;2*1H. The Labute approximate surface area is 101 Å². The van der Waals surface area contributed by atoms with E-state index in [0.717, 1.165) is 23.5 Å². The van der Waals surface area contributed by atoms with E-state index in [-0.39, 0.29) is 24.8 Å². The number of pyridine rings is 1. The van der Waals surface area contributed by atoms with Crippen LogP contribution in [0.5, 0.6) is 0 Å². The lowest BCUT2D eigenvalue weighted by Gasteiger charge is -1.99. The predicted octanol–water partition coefficient (Wildman–Crippen LogP) is 1.59. The topological polar surface area (TPSA) is 56.2 Å². The average Bonchev–Trinajstić information content (AvgIpc) is 2.59. The summed E-state index contributed by atoms with van der Waals surface area (Å²) in [6.45, 7) is 2.61. The van der Waals surface area contributed by atoms with Crippen LogP contribution in [0.15, 0.2) is 18.3 Å². The molecule has 4 nitrogen and oxygen atoms in total. The van der Waals surface area contributed by atoms with Crippen molar-refractivity contribution < 1.29 is 0 Å². The predicted molar refractivity (Wildman–Crippen MR) is 64.8 cm³/mol. The number of hydrogen-bond acceptors (Lipinski definition) is 3. The maximum absolute atomic E-state index is 5.55. The van der Waals surface area contributed by atoms with E-state index in [9.17, 15) is 0 Å². The van der Waals surface area contributed by atoms with Crippen LogP contribution in [0.1, 0.15) is 18.3 Å². The monoisotopic (exact) mass is 248 g/mol. The highest BCUT2D eigenvalue weighted by Crippen LogP contribution is 2.06. The maximum Gasteiger partial charge on any atom is 0.160 e. The van der Waals surface area contributed by atoms with E-state index < -0.39 is 0 Å². The summed E-state index contributed by atoms with van der Waals surface area (Å²) in [5.74, 6) is 0.977. The minimum Gasteiger partial charge on any atom is -0.326 e. The van der Waals surface area contributed by atoms with Gasteiger partial charge in [-0.25, -0.2) is 0 Å². The van der Waals surface area contributed by atoms with Gasteiger partial charge in [0, 0.05) is 19.2 Å². The van der Waals surface area contributed by atoms with Crippen molar-refractivity contribution in [3.05, 3.63) is 29.7 Å². The van der Waals surface area contributed by atoms with E-state index >= 15 is 0 Å². The van der Waals surface area contributed by atoms with Gasteiger partial charge < -0.3 is 5.73 Å². The summed E-state index contributed by atoms with van der Waals surface area (Å²) in [6, 6.07) is 3.91. The van der Waals surface area contributed by atoms with Crippen LogP contribution in [0.25, 0.3) is 5.65 Å². The van der Waals surface area contributed by atoms with Gasteiger partial charge in [0.25, 0.3) is 0 Å². The Balaban J connectivity index is 0.000000980. The van der Waals surface area contributed by atoms with Crippen LogP contribution in [-0.4, -0.2) is 14.6 Å². The summed E-state index contributed by atoms with van der Waals surface area (Å²) in [4.78, 5) is 0. The van der Waals surface area contributed by atoms with Gasteiger partial charge in [0.05, 0.1) is 0 Å². The fourth-order valence-corrected chi connectivity index (χ4v) is 1.34. The third kappa shape index (κ3) is 2.59. The molecule has 2 heterocycles. The first-order valence-electron chi connectivity index (χ1n) is 4.37. The van der Waals surface area contributed by atoms with Gasteiger partial charge in [-0.3, -0.25) is 4.40 Å². The van der Waals surface area contributed by atoms with Gasteiger partial charge in [-0.1, -0.05) is 13.0 Å². The zero-order valence-corrected chi connectivity index (χ0v) is 10.0. The van der Waals surface area contributed by atoms with E-state index in [1.54, 1.807) is 0 Å². The third-order valence-corrected chi connectivity index (χ3v) is 2.09. The van der Waals surface area contributed by atoms with Crippen molar-refractivity contribution in [1.29, 1.82) is 0 Å². The fourth-order valence-electron chi connectivity index (χ4n) is 1.34. The molecule has 0 saturated heterocycles. The molecule has 0 unspecified atom stereocenters. The summed E-state index contributed by atoms with van der Waals surface area (Å²) < 4.78 is 1.99. The number of aromatic nitrogens is 3. The molecular formula is C9H14Cl2N4. The Morgan fingerprint density at radius 1 is 1.27 bits per heavy atom. The lowest BCUT2D eigenvalue weighted by Crippen LogP contribution is -1.99. The van der Waals surface area contributed by atoms with Crippen molar-refractivity contribution in [2.75, 3.05) is 0 Å². The minimum atomic E-state index is 0. The first-order valence-corrected chi connectivity index (χ1v) is 4.37. The van der Waals surface area contributed by atoms with Crippen LogP contribution in [0.4, 0.5) is 0 Å². The molecule has 0 aliphatic rings. The molecule has 2 rings (SSSR count). The lowest BCUT2D eigenvalue weighted by atomic mass is 10.3. The molecule has 0 bridgehead atoms. The molecule has 0 saturated carbocycles. The first kappa shape index (κ1) is 14.2. The zero-order valence-electron chi connectivity index (χ0n) is 8.38. The molecule has 2 aromatic heterocycles. The van der Waals surface area contributed by atoms with Crippen molar-refractivity contribution in [2.45, 2.75) is 19.9 Å². The second-order valence-electron chi connectivity index (χ2n) is 2.94. The molecule has 0 radical (unpaired) electrons. The van der Waals surface area contributed by atoms with Gasteiger partial charge in [-0.15, -0.1) is 35.0 Å². The highest BCUT2D eigenvalue weighted by atomic mass is 35.5. The van der Waals surface area contributed by atoms with Gasteiger partial charge in [0.15, 0.2) is 5.65 Å². The molecule has 0 atom stereocenters. The number of fused-ring (bicyclic) bond motifs is 1. The first-order chi connectivity index (χ1) is 6.35. The van der Waals surface area contributed by atoms with E-state index in [0.29, 0.717) is 6.54 Å². The summed E-state index contributed by atoms with van der Waals surface area (Å²) in [5.41, 5.74) is 7.53. The Bertz CT molecular complexity index is 427. The smallest absolute Gasteiger partial charge is 0.160 e. The zero-order chi connectivity index (χ0) is 9.26. The Hall–Kier alpha value is -0.840. The van der Waals surface area contributed by atoms with E-state index in [1.807, 2.05) is 22.7 Å². The summed E-state index contributed by atoms with van der Waals surface area (Å²) in [7, 11) is 0. The van der Waals surface area contributed by atoms with Crippen molar-refractivity contribution in [1.82, 2.24) is 14.6 Å². The van der Waals surface area contributed by atoms with Gasteiger partial charge in [0.2, 0.25) is 0 Å². The molecule has 0 aliphatic carbocycles. The van der Waals surface area contributed by atoms with Crippen LogP contribution < -0.4 is 5.73 Å². The van der Waals surface area contributed by atoms with Gasteiger partial charge in [0.1, 0.15) is 5.82 Å². The SMILES string of the molecule is CCc1nnc2ccc(CN)cn12.Cl.Cl. The number of aryl methyl sites for hydroxylation is 1. The second-order valence-corrected chi connectivity index (χ2v) is 2.94. The Morgan fingerprint density at radius 3 is 2.60 bits per heavy atom. The molecule has 2 aromatic rings. The number of halogens is 2. The van der Waals surface area contributed by atoms with Crippen LogP contribution in [0, 0.1) is 0 Å². The van der Waals surface area contributed by atoms with Crippen LogP contribution in [0.3, 0.4) is 0 Å². The quantitative estimate of drug-likeness (QED) is 0.879. The average molecular weight is 249 g/mol. The normalized spacial score (nSPS) is 9.47. The highest BCUT2D eigenvalue weighted by molar-refractivity contribution is 5.85. The van der Waals surface area contributed by atoms with Crippen molar-refractivity contribution >= 4 is 30.5 Å². The number of nitrogens with two attached hydrogens (primary N) is 1. The van der Waals surface area contributed by atoms with Gasteiger partial charge in [-0.05, 0) is 11.6 Å². The summed E-state index contributed by atoms with van der Waals surface area (Å²) >= 11 is 0. The highest BCUT2D eigenvalue weighted by Gasteiger charge is 2.02. The van der Waals surface area contributed by atoms with E-state index in [4.69, 9.17) is 5.73 Å².